The number of hydrogen-bond acceptors (Lipinski definition) is 5. The summed E-state index contributed by atoms with van der Waals surface area (Å²) in [7, 11) is -2.37. The van der Waals surface area contributed by atoms with Crippen molar-refractivity contribution in [2.24, 2.45) is 0 Å². The molecular weight excluding hydrogens is 421 g/mol. The number of methoxy groups -OCH3 is 1. The van der Waals surface area contributed by atoms with Gasteiger partial charge in [-0.25, -0.2) is 12.8 Å². The molecule has 0 saturated carbocycles. The molecule has 1 aliphatic heterocycles. The maximum Gasteiger partial charge on any atom is 0.257 e. The van der Waals surface area contributed by atoms with Gasteiger partial charge in [-0.3, -0.25) is 4.79 Å². The summed E-state index contributed by atoms with van der Waals surface area (Å²) in [5, 5.41) is 2.68. The van der Waals surface area contributed by atoms with E-state index >= 15 is 0 Å². The first-order chi connectivity index (χ1) is 14.8. The van der Waals surface area contributed by atoms with Crippen molar-refractivity contribution < 1.29 is 22.3 Å². The van der Waals surface area contributed by atoms with Crippen LogP contribution >= 0.6 is 0 Å². The molecule has 0 spiro atoms. The number of benzene rings is 2. The highest BCUT2D eigenvalue weighted by Gasteiger charge is 2.26. The summed E-state index contributed by atoms with van der Waals surface area (Å²) in [6.07, 6.45) is 2.01. The van der Waals surface area contributed by atoms with Gasteiger partial charge >= 0.3 is 0 Å². The number of sulfonamides is 1. The third kappa shape index (κ3) is 4.83. The lowest BCUT2D eigenvalue weighted by molar-refractivity contribution is 0.102. The largest absolute Gasteiger partial charge is 0.494 e. The topological polar surface area (TPSA) is 79.0 Å². The Bertz CT molecular complexity index is 1050. The van der Waals surface area contributed by atoms with E-state index in [0.29, 0.717) is 18.8 Å². The van der Waals surface area contributed by atoms with E-state index in [1.165, 1.54) is 35.7 Å². The number of carbonyl (C=O) groups excluding carboxylic acids is 1. The summed E-state index contributed by atoms with van der Waals surface area (Å²) >= 11 is 0. The quantitative estimate of drug-likeness (QED) is 0.665. The number of carbonyl (C=O) groups is 1. The molecule has 3 rings (SSSR count). The number of nitrogens with zero attached hydrogens (tertiary/aromatic N) is 2. The molecule has 0 atom stereocenters. The molecule has 1 fully saturated rings. The number of amides is 1. The molecule has 0 unspecified atom stereocenters. The van der Waals surface area contributed by atoms with E-state index in [0.717, 1.165) is 25.9 Å². The van der Waals surface area contributed by atoms with Gasteiger partial charge in [0, 0.05) is 43.6 Å². The highest BCUT2D eigenvalue weighted by molar-refractivity contribution is 7.89. The second-order valence-corrected chi connectivity index (χ2v) is 9.20. The predicted octanol–water partition coefficient (Wildman–Crippen LogP) is 3.72. The van der Waals surface area contributed by atoms with Gasteiger partial charge in [0.05, 0.1) is 17.6 Å². The zero-order valence-electron chi connectivity index (χ0n) is 18.0. The van der Waals surface area contributed by atoms with Gasteiger partial charge in [0.15, 0.2) is 11.6 Å². The standard InChI is InChI=1S/C22H28FN3O4S/c1-4-26(5-2)31(28,29)17-9-10-20(25-12-6-7-13-25)18(15-17)22(27)24-16-8-11-21(30-3)19(23)14-16/h8-11,14-15H,4-7,12-13H2,1-3H3,(H,24,27). The lowest BCUT2D eigenvalue weighted by Gasteiger charge is -2.23. The highest BCUT2D eigenvalue weighted by atomic mass is 32.2. The van der Waals surface area contributed by atoms with Gasteiger partial charge in [0.25, 0.3) is 5.91 Å². The van der Waals surface area contributed by atoms with Crippen LogP contribution in [0.3, 0.4) is 0 Å². The molecule has 1 N–H and O–H groups in total. The number of nitrogens with one attached hydrogen (secondary N) is 1. The Kier molecular flexibility index (Phi) is 7.17. The fourth-order valence-electron chi connectivity index (χ4n) is 3.75. The first-order valence-electron chi connectivity index (χ1n) is 10.4. The molecule has 7 nitrogen and oxygen atoms in total. The number of hydrogen-bond donors (Lipinski definition) is 1. The molecule has 9 heteroatoms. The first kappa shape index (κ1) is 23.0. The number of anilines is 2. The SMILES string of the molecule is CCN(CC)S(=O)(=O)c1ccc(N2CCCC2)c(C(=O)Nc2ccc(OC)c(F)c2)c1. The van der Waals surface area contributed by atoms with Crippen LogP contribution in [0, 0.1) is 5.82 Å². The van der Waals surface area contributed by atoms with Crippen LogP contribution < -0.4 is 15.0 Å². The second-order valence-electron chi connectivity index (χ2n) is 7.27. The van der Waals surface area contributed by atoms with Crippen molar-refractivity contribution in [3.8, 4) is 5.75 Å². The minimum atomic E-state index is -3.73. The molecule has 1 heterocycles. The van der Waals surface area contributed by atoms with Crippen LogP contribution in [0.1, 0.15) is 37.0 Å². The Morgan fingerprint density at radius 3 is 2.39 bits per heavy atom. The van der Waals surface area contributed by atoms with Crippen LogP contribution in [0.4, 0.5) is 15.8 Å². The Morgan fingerprint density at radius 1 is 1.13 bits per heavy atom. The Hall–Kier alpha value is -2.65. The molecule has 0 aromatic heterocycles. The lowest BCUT2D eigenvalue weighted by Crippen LogP contribution is -2.31. The van der Waals surface area contributed by atoms with Crippen LogP contribution in [0.25, 0.3) is 0 Å². The van der Waals surface area contributed by atoms with Crippen molar-refractivity contribution in [3.05, 3.63) is 47.8 Å². The Labute approximate surface area is 182 Å². The second kappa shape index (κ2) is 9.65. The fraction of sp³-hybridized carbons (Fsp3) is 0.409. The van der Waals surface area contributed by atoms with E-state index in [9.17, 15) is 17.6 Å². The third-order valence-electron chi connectivity index (χ3n) is 5.41. The van der Waals surface area contributed by atoms with Crippen molar-refractivity contribution in [2.45, 2.75) is 31.6 Å². The molecule has 168 valence electrons. The van der Waals surface area contributed by atoms with Crippen molar-refractivity contribution in [2.75, 3.05) is 43.5 Å². The van der Waals surface area contributed by atoms with Gasteiger partial charge < -0.3 is 15.0 Å². The van der Waals surface area contributed by atoms with Crippen LogP contribution in [0.15, 0.2) is 41.3 Å². The summed E-state index contributed by atoms with van der Waals surface area (Å²) in [5.74, 6) is -1.02. The summed E-state index contributed by atoms with van der Waals surface area (Å²) in [6.45, 7) is 5.79. The normalized spacial score (nSPS) is 14.2. The zero-order chi connectivity index (χ0) is 22.6. The maximum atomic E-state index is 14.0. The number of rotatable bonds is 8. The molecule has 2 aromatic rings. The van der Waals surface area contributed by atoms with Crippen LogP contribution in [0.5, 0.6) is 5.75 Å². The van der Waals surface area contributed by atoms with Crippen molar-refractivity contribution in [1.29, 1.82) is 0 Å². The zero-order valence-corrected chi connectivity index (χ0v) is 18.8. The van der Waals surface area contributed by atoms with Gasteiger partial charge in [-0.05, 0) is 43.2 Å². The van der Waals surface area contributed by atoms with Gasteiger partial charge in [0.2, 0.25) is 10.0 Å². The van der Waals surface area contributed by atoms with E-state index in [-0.39, 0.29) is 21.9 Å². The predicted molar refractivity (Wildman–Crippen MR) is 119 cm³/mol. The summed E-state index contributed by atoms with van der Waals surface area (Å²) in [6, 6.07) is 8.77. The van der Waals surface area contributed by atoms with E-state index < -0.39 is 21.7 Å². The minimum Gasteiger partial charge on any atom is -0.494 e. The van der Waals surface area contributed by atoms with Crippen LogP contribution in [0.2, 0.25) is 0 Å². The average molecular weight is 450 g/mol. The summed E-state index contributed by atoms with van der Waals surface area (Å²) < 4.78 is 46.3. The van der Waals surface area contributed by atoms with Gasteiger partial charge in [0.1, 0.15) is 0 Å². The minimum absolute atomic E-state index is 0.0604. The molecule has 0 bridgehead atoms. The van der Waals surface area contributed by atoms with Gasteiger partial charge in [-0.1, -0.05) is 13.8 Å². The van der Waals surface area contributed by atoms with E-state index in [2.05, 4.69) is 10.2 Å². The Balaban J connectivity index is 2.00. The summed E-state index contributed by atoms with van der Waals surface area (Å²) in [5.41, 5.74) is 1.17. The third-order valence-corrected chi connectivity index (χ3v) is 7.46. The molecule has 2 aromatic carbocycles. The van der Waals surface area contributed by atoms with Crippen molar-refractivity contribution >= 4 is 27.3 Å². The average Bonchev–Trinajstić information content (AvgIpc) is 3.29. The van der Waals surface area contributed by atoms with Crippen molar-refractivity contribution in [1.82, 2.24) is 4.31 Å². The summed E-state index contributed by atoms with van der Waals surface area (Å²) in [4.78, 5) is 15.3. The number of halogens is 1. The smallest absolute Gasteiger partial charge is 0.257 e. The van der Waals surface area contributed by atoms with Crippen LogP contribution in [-0.2, 0) is 10.0 Å². The van der Waals surface area contributed by atoms with E-state index in [1.807, 2.05) is 0 Å². The lowest BCUT2D eigenvalue weighted by atomic mass is 10.1. The monoisotopic (exact) mass is 449 g/mol. The molecular formula is C22H28FN3O4S. The fourth-order valence-corrected chi connectivity index (χ4v) is 5.23. The first-order valence-corrected chi connectivity index (χ1v) is 11.8. The molecule has 31 heavy (non-hydrogen) atoms. The van der Waals surface area contributed by atoms with E-state index in [1.54, 1.807) is 26.0 Å². The molecule has 1 amide bonds. The Morgan fingerprint density at radius 2 is 1.81 bits per heavy atom. The molecule has 0 radical (unpaired) electrons. The van der Waals surface area contributed by atoms with Gasteiger partial charge in [-0.2, -0.15) is 4.31 Å². The van der Waals surface area contributed by atoms with Crippen molar-refractivity contribution in [3.63, 3.8) is 0 Å². The van der Waals surface area contributed by atoms with Gasteiger partial charge in [-0.15, -0.1) is 0 Å². The number of ether oxygens (including phenoxy) is 1. The van der Waals surface area contributed by atoms with E-state index in [4.69, 9.17) is 4.74 Å². The molecule has 1 saturated heterocycles. The van der Waals surface area contributed by atoms with Crippen LogP contribution in [-0.4, -0.2) is 51.9 Å². The molecule has 0 aliphatic carbocycles. The molecule has 1 aliphatic rings. The maximum absolute atomic E-state index is 14.0. The highest BCUT2D eigenvalue weighted by Crippen LogP contribution is 2.30.